The molecule has 0 aliphatic heterocycles. The van der Waals surface area contributed by atoms with Crippen molar-refractivity contribution in [3.63, 3.8) is 0 Å². The van der Waals surface area contributed by atoms with Crippen LogP contribution in [0.3, 0.4) is 0 Å². The van der Waals surface area contributed by atoms with Crippen molar-refractivity contribution in [2.45, 2.75) is 37.1 Å². The van der Waals surface area contributed by atoms with E-state index in [-0.39, 0.29) is 11.3 Å². The molecule has 0 aliphatic rings. The largest absolute Gasteiger partial charge is 0.744 e. The van der Waals surface area contributed by atoms with Crippen LogP contribution in [0.25, 0.3) is 16.3 Å². The fourth-order valence-corrected chi connectivity index (χ4v) is 4.90. The summed E-state index contributed by atoms with van der Waals surface area (Å²) in [4.78, 5) is 10.4. The summed E-state index contributed by atoms with van der Waals surface area (Å²) in [5, 5.41) is 12.9. The first-order valence-electron chi connectivity index (χ1n) is 10.1. The number of hydrogen-bond acceptors (Lipinski definition) is 6. The Morgan fingerprint density at radius 1 is 1.09 bits per heavy atom. The average Bonchev–Trinajstić information content (AvgIpc) is 3.10. The standard InChI is InChI=1S/C23H24N2O5S2/c26-23(27)12-5-2-8-16-25-20-14-13-19(32(28,29)30)17-21(20)31-22(25)11-6-7-15-24-18-9-3-1-4-10-18/h1,3-4,6-7,9-11,13-15,17H,2,5,8,12,16H2,(H2,26,27,28,29,30). The number of thiazole rings is 1. The first-order valence-corrected chi connectivity index (χ1v) is 12.4. The van der Waals surface area contributed by atoms with Crippen molar-refractivity contribution in [3.8, 4) is 0 Å². The van der Waals surface area contributed by atoms with E-state index in [0.717, 1.165) is 29.1 Å². The minimum Gasteiger partial charge on any atom is -0.744 e. The maximum Gasteiger partial charge on any atom is 0.303 e. The van der Waals surface area contributed by atoms with Crippen molar-refractivity contribution in [2.24, 2.45) is 0 Å². The number of fused-ring (bicyclic) bond motifs is 1. The molecule has 0 aliphatic carbocycles. The topological polar surface area (TPSA) is 110 Å². The van der Waals surface area contributed by atoms with Gasteiger partial charge in [0.15, 0.2) is 6.54 Å². The van der Waals surface area contributed by atoms with Gasteiger partial charge in [0.1, 0.15) is 14.8 Å². The van der Waals surface area contributed by atoms with Gasteiger partial charge in [0.2, 0.25) is 5.52 Å². The minimum absolute atomic E-state index is 0.145. The fraction of sp³-hybridized carbons (Fsp3) is 0.217. The van der Waals surface area contributed by atoms with Gasteiger partial charge in [0.05, 0.1) is 4.90 Å². The molecule has 1 aromatic heterocycles. The fourth-order valence-electron chi connectivity index (χ4n) is 3.19. The number of aromatic nitrogens is 1. The molecule has 0 radical (unpaired) electrons. The number of allylic oxidation sites excluding steroid dienone is 2. The number of hydrogen-bond donors (Lipinski definition) is 2. The highest BCUT2D eigenvalue weighted by Crippen LogP contribution is 2.25. The molecule has 3 aromatic rings. The third kappa shape index (κ3) is 6.74. The van der Waals surface area contributed by atoms with Crippen molar-refractivity contribution in [2.75, 3.05) is 5.32 Å². The smallest absolute Gasteiger partial charge is 0.303 e. The molecule has 2 N–H and O–H groups in total. The molecule has 0 amide bonds. The number of carboxylic acids is 1. The van der Waals surface area contributed by atoms with E-state index < -0.39 is 16.1 Å². The van der Waals surface area contributed by atoms with Gasteiger partial charge in [-0.2, -0.15) is 4.57 Å². The van der Waals surface area contributed by atoms with Crippen LogP contribution in [0.15, 0.2) is 71.8 Å². The zero-order valence-corrected chi connectivity index (χ0v) is 18.9. The first-order chi connectivity index (χ1) is 15.3. The van der Waals surface area contributed by atoms with Gasteiger partial charge < -0.3 is 15.0 Å². The molecule has 0 atom stereocenters. The lowest BCUT2D eigenvalue weighted by Gasteiger charge is -2.05. The molecule has 0 spiro atoms. The lowest BCUT2D eigenvalue weighted by atomic mass is 10.2. The molecule has 1 heterocycles. The number of nitrogens with zero attached hydrogens (tertiary/aromatic N) is 1. The van der Waals surface area contributed by atoms with Gasteiger partial charge in [-0.25, -0.2) is 8.42 Å². The van der Waals surface area contributed by atoms with Crippen molar-refractivity contribution in [1.29, 1.82) is 0 Å². The van der Waals surface area contributed by atoms with Crippen LogP contribution < -0.4 is 9.88 Å². The van der Waals surface area contributed by atoms with Crippen LogP contribution in [-0.4, -0.2) is 24.0 Å². The predicted molar refractivity (Wildman–Crippen MR) is 124 cm³/mol. The van der Waals surface area contributed by atoms with E-state index in [1.54, 1.807) is 6.07 Å². The second-order valence-corrected chi connectivity index (χ2v) is 9.55. The van der Waals surface area contributed by atoms with Crippen LogP contribution in [0, 0.1) is 0 Å². The molecule has 32 heavy (non-hydrogen) atoms. The number of carboxylic acid groups (broad SMARTS) is 1. The van der Waals surface area contributed by atoms with Gasteiger partial charge in [-0.3, -0.25) is 4.79 Å². The number of benzene rings is 2. The molecule has 0 saturated heterocycles. The Morgan fingerprint density at radius 2 is 1.88 bits per heavy atom. The van der Waals surface area contributed by atoms with E-state index in [0.29, 0.717) is 17.7 Å². The minimum atomic E-state index is -4.53. The zero-order valence-electron chi connectivity index (χ0n) is 17.3. The Balaban J connectivity index is 1.79. The van der Waals surface area contributed by atoms with E-state index in [2.05, 4.69) is 9.88 Å². The molecule has 0 saturated carbocycles. The Morgan fingerprint density at radius 3 is 2.59 bits per heavy atom. The zero-order chi connectivity index (χ0) is 23.0. The second kappa shape index (κ2) is 11.0. The summed E-state index contributed by atoms with van der Waals surface area (Å²) in [5.41, 5.74) is 1.81. The molecule has 0 fully saturated rings. The summed E-state index contributed by atoms with van der Waals surface area (Å²) in [7, 11) is -4.53. The SMILES string of the molecule is O=C(O)CCCCC[n+]1c(C=CC=CNc2ccccc2)sc2cc(S(=O)(=O)[O-])ccc21. The van der Waals surface area contributed by atoms with Crippen LogP contribution >= 0.6 is 11.3 Å². The highest BCUT2D eigenvalue weighted by atomic mass is 32.2. The van der Waals surface area contributed by atoms with Crippen molar-refractivity contribution in [3.05, 3.63) is 71.9 Å². The highest BCUT2D eigenvalue weighted by Gasteiger charge is 2.19. The van der Waals surface area contributed by atoms with Crippen LogP contribution in [-0.2, 0) is 21.5 Å². The van der Waals surface area contributed by atoms with Crippen molar-refractivity contribution >= 4 is 49.4 Å². The lowest BCUT2D eigenvalue weighted by Crippen LogP contribution is -2.35. The molecule has 9 heteroatoms. The van der Waals surface area contributed by atoms with E-state index in [9.17, 15) is 17.8 Å². The van der Waals surface area contributed by atoms with Gasteiger partial charge in [-0.05, 0) is 43.2 Å². The maximum absolute atomic E-state index is 11.4. The third-order valence-electron chi connectivity index (χ3n) is 4.73. The molecule has 168 valence electrons. The molecule has 3 rings (SSSR count). The molecular weight excluding hydrogens is 448 g/mol. The van der Waals surface area contributed by atoms with Gasteiger partial charge in [-0.1, -0.05) is 35.6 Å². The first kappa shape index (κ1) is 23.6. The molecule has 0 unspecified atom stereocenters. The average molecular weight is 473 g/mol. The van der Waals surface area contributed by atoms with E-state index in [1.165, 1.54) is 23.5 Å². The van der Waals surface area contributed by atoms with Crippen LogP contribution in [0.1, 0.15) is 30.7 Å². The Labute approximate surface area is 191 Å². The second-order valence-electron chi connectivity index (χ2n) is 7.11. The van der Waals surface area contributed by atoms with Gasteiger partial charge >= 0.3 is 5.97 Å². The summed E-state index contributed by atoms with van der Waals surface area (Å²) in [6, 6.07) is 14.1. The summed E-state index contributed by atoms with van der Waals surface area (Å²) < 4.78 is 37.0. The predicted octanol–water partition coefficient (Wildman–Crippen LogP) is 4.38. The quantitative estimate of drug-likeness (QED) is 0.185. The Kier molecular flexibility index (Phi) is 8.15. The van der Waals surface area contributed by atoms with Gasteiger partial charge in [-0.15, -0.1) is 0 Å². The van der Waals surface area contributed by atoms with Crippen molar-refractivity contribution < 1.29 is 27.4 Å². The number of para-hydroxylation sites is 1. The summed E-state index contributed by atoms with van der Waals surface area (Å²) in [6.07, 6.45) is 9.80. The number of aryl methyl sites for hydroxylation is 1. The third-order valence-corrected chi connectivity index (χ3v) is 6.68. The molecule has 0 bridgehead atoms. The lowest BCUT2D eigenvalue weighted by molar-refractivity contribution is -0.669. The van der Waals surface area contributed by atoms with Crippen LogP contribution in [0.5, 0.6) is 0 Å². The monoisotopic (exact) mass is 472 g/mol. The van der Waals surface area contributed by atoms with Gasteiger partial charge in [0, 0.05) is 36.9 Å². The number of carbonyl (C=O) groups is 1. The van der Waals surface area contributed by atoms with Gasteiger partial charge in [0.25, 0.3) is 5.01 Å². The molecule has 2 aromatic carbocycles. The number of aliphatic carboxylic acids is 1. The maximum atomic E-state index is 11.4. The van der Waals surface area contributed by atoms with Crippen LogP contribution in [0.4, 0.5) is 5.69 Å². The Hall–Kier alpha value is -3.01. The number of unbranched alkanes of at least 4 members (excludes halogenated alkanes) is 2. The summed E-state index contributed by atoms with van der Waals surface area (Å²) in [5.74, 6) is -0.801. The highest BCUT2D eigenvalue weighted by molar-refractivity contribution is 7.85. The van der Waals surface area contributed by atoms with Crippen LogP contribution in [0.2, 0.25) is 0 Å². The number of anilines is 1. The summed E-state index contributed by atoms with van der Waals surface area (Å²) >= 11 is 1.40. The van der Waals surface area contributed by atoms with E-state index >= 15 is 0 Å². The molecule has 7 nitrogen and oxygen atoms in total. The molecular formula is C23H24N2O5S2. The number of nitrogens with one attached hydrogen (secondary N) is 1. The summed E-state index contributed by atoms with van der Waals surface area (Å²) in [6.45, 7) is 0.661. The van der Waals surface area contributed by atoms with E-state index in [4.69, 9.17) is 5.11 Å². The number of rotatable bonds is 11. The normalized spacial score (nSPS) is 12.2. The van der Waals surface area contributed by atoms with Crippen molar-refractivity contribution in [1.82, 2.24) is 0 Å². The van der Waals surface area contributed by atoms with E-state index in [1.807, 2.05) is 54.8 Å². The Bertz CT molecular complexity index is 1230.